The fraction of sp³-hybridized carbons (Fsp3) is 0.722. The van der Waals surface area contributed by atoms with Gasteiger partial charge in [0.05, 0.1) is 17.3 Å². The molecule has 2 rings (SSSR count). The van der Waals surface area contributed by atoms with Crippen LogP contribution in [0, 0.1) is 19.8 Å². The van der Waals surface area contributed by atoms with E-state index in [1.165, 1.54) is 8.99 Å². The number of hydrogen-bond acceptors (Lipinski definition) is 5. The zero-order chi connectivity index (χ0) is 21.3. The summed E-state index contributed by atoms with van der Waals surface area (Å²) in [5, 5.41) is 9.72. The maximum Gasteiger partial charge on any atom is 0.246 e. The predicted octanol–water partition coefficient (Wildman–Crippen LogP) is 0.561. The molecule has 0 bridgehead atoms. The van der Waals surface area contributed by atoms with Crippen LogP contribution >= 0.6 is 0 Å². The number of aromatic nitrogens is 2. The van der Waals surface area contributed by atoms with Gasteiger partial charge < -0.3 is 10.6 Å². The van der Waals surface area contributed by atoms with Crippen molar-refractivity contribution >= 4 is 21.8 Å². The van der Waals surface area contributed by atoms with Crippen LogP contribution in [-0.4, -0.2) is 60.0 Å². The first-order chi connectivity index (χ1) is 12.9. The molecule has 0 saturated carbocycles. The third-order valence-electron chi connectivity index (χ3n) is 4.72. The van der Waals surface area contributed by atoms with Gasteiger partial charge in [-0.05, 0) is 47.5 Å². The Morgan fingerprint density at radius 3 is 2.46 bits per heavy atom. The zero-order valence-corrected chi connectivity index (χ0v) is 18.3. The van der Waals surface area contributed by atoms with Crippen LogP contribution in [0.3, 0.4) is 0 Å². The maximum atomic E-state index is 13.3. The minimum Gasteiger partial charge on any atom is -0.359 e. The molecule has 1 fully saturated rings. The minimum absolute atomic E-state index is 0.0552. The van der Waals surface area contributed by atoms with Crippen molar-refractivity contribution in [2.45, 2.75) is 64.4 Å². The molecule has 9 nitrogen and oxygen atoms in total. The highest BCUT2D eigenvalue weighted by atomic mass is 32.2. The second-order valence-electron chi connectivity index (χ2n) is 8.27. The van der Waals surface area contributed by atoms with Crippen molar-refractivity contribution in [3.8, 4) is 0 Å². The number of rotatable bonds is 5. The van der Waals surface area contributed by atoms with Crippen LogP contribution in [0.5, 0.6) is 0 Å². The molecule has 1 saturated heterocycles. The first-order valence-electron chi connectivity index (χ1n) is 9.43. The number of nitrogens with one attached hydrogen (secondary N) is 2. The Hall–Kier alpha value is -1.94. The van der Waals surface area contributed by atoms with Crippen LogP contribution in [0.4, 0.5) is 0 Å². The Kier molecular flexibility index (Phi) is 6.55. The summed E-state index contributed by atoms with van der Waals surface area (Å²) in [4.78, 5) is 24.3. The van der Waals surface area contributed by atoms with Gasteiger partial charge in [0, 0.05) is 25.7 Å². The van der Waals surface area contributed by atoms with E-state index in [9.17, 15) is 18.0 Å². The van der Waals surface area contributed by atoms with Gasteiger partial charge in [-0.15, -0.1) is 0 Å². The molecule has 0 radical (unpaired) electrons. The molecule has 0 spiro atoms. The predicted molar refractivity (Wildman–Crippen MR) is 105 cm³/mol. The standard InChI is InChI=1S/C18H31N5O4S/c1-12-16(13(2)23(21-12)11-15(24)20-18(3,4)5)28(26,27)22-9-7-8-14(10-22)17(25)19-6/h14H,7-11H2,1-6H3,(H,19,25)(H,20,24)/t14-/m1/s1. The second-order valence-corrected chi connectivity index (χ2v) is 10.1. The fourth-order valence-corrected chi connectivity index (χ4v) is 5.41. The average molecular weight is 414 g/mol. The molecule has 1 aromatic heterocycles. The molecule has 10 heteroatoms. The van der Waals surface area contributed by atoms with Gasteiger partial charge >= 0.3 is 0 Å². The molecule has 1 aliphatic rings. The van der Waals surface area contributed by atoms with Crippen LogP contribution < -0.4 is 10.6 Å². The van der Waals surface area contributed by atoms with Crippen molar-refractivity contribution < 1.29 is 18.0 Å². The van der Waals surface area contributed by atoms with Gasteiger partial charge in [0.1, 0.15) is 11.4 Å². The summed E-state index contributed by atoms with van der Waals surface area (Å²) in [5.41, 5.74) is 0.386. The summed E-state index contributed by atoms with van der Waals surface area (Å²) in [6, 6.07) is 0. The van der Waals surface area contributed by atoms with Gasteiger partial charge in [-0.1, -0.05) is 0 Å². The van der Waals surface area contributed by atoms with E-state index < -0.39 is 10.0 Å². The summed E-state index contributed by atoms with van der Waals surface area (Å²) < 4.78 is 29.3. The lowest BCUT2D eigenvalue weighted by Gasteiger charge is -2.31. The summed E-state index contributed by atoms with van der Waals surface area (Å²) in [6.07, 6.45) is 1.29. The molecule has 28 heavy (non-hydrogen) atoms. The number of piperidine rings is 1. The Balaban J connectivity index is 2.28. The molecule has 2 amide bonds. The van der Waals surface area contributed by atoms with Crippen molar-refractivity contribution in [1.29, 1.82) is 0 Å². The molecule has 1 aromatic rings. The molecular formula is C18H31N5O4S. The molecule has 1 aliphatic heterocycles. The number of aryl methyl sites for hydroxylation is 1. The topological polar surface area (TPSA) is 113 Å². The van der Waals surface area contributed by atoms with Crippen molar-refractivity contribution in [3.63, 3.8) is 0 Å². The number of amides is 2. The lowest BCUT2D eigenvalue weighted by atomic mass is 9.99. The van der Waals surface area contributed by atoms with E-state index in [4.69, 9.17) is 0 Å². The summed E-state index contributed by atoms with van der Waals surface area (Å²) in [5.74, 6) is -0.746. The summed E-state index contributed by atoms with van der Waals surface area (Å²) >= 11 is 0. The minimum atomic E-state index is -3.81. The van der Waals surface area contributed by atoms with Gasteiger partial charge in [0.25, 0.3) is 0 Å². The Bertz CT molecular complexity index is 854. The van der Waals surface area contributed by atoms with E-state index in [1.54, 1.807) is 20.9 Å². The molecule has 2 N–H and O–H groups in total. The fourth-order valence-electron chi connectivity index (χ4n) is 3.51. The Morgan fingerprint density at radius 2 is 1.89 bits per heavy atom. The van der Waals surface area contributed by atoms with Gasteiger partial charge in [-0.25, -0.2) is 8.42 Å². The quantitative estimate of drug-likeness (QED) is 0.732. The van der Waals surface area contributed by atoms with E-state index in [2.05, 4.69) is 15.7 Å². The SMILES string of the molecule is CNC(=O)[C@@H]1CCCN(S(=O)(=O)c2c(C)nn(CC(=O)NC(C)(C)C)c2C)C1. The first-order valence-corrected chi connectivity index (χ1v) is 10.9. The normalized spacial score (nSPS) is 18.7. The van der Waals surface area contributed by atoms with E-state index in [-0.39, 0.29) is 41.3 Å². The van der Waals surface area contributed by atoms with Crippen LogP contribution in [0.15, 0.2) is 4.90 Å². The maximum absolute atomic E-state index is 13.3. The summed E-state index contributed by atoms with van der Waals surface area (Å²) in [7, 11) is -2.26. The molecule has 0 aliphatic carbocycles. The molecular weight excluding hydrogens is 382 g/mol. The van der Waals surface area contributed by atoms with Crippen molar-refractivity contribution in [1.82, 2.24) is 24.7 Å². The number of sulfonamides is 1. The highest BCUT2D eigenvalue weighted by Crippen LogP contribution is 2.28. The molecule has 158 valence electrons. The molecule has 0 unspecified atom stereocenters. The lowest BCUT2D eigenvalue weighted by molar-refractivity contribution is -0.125. The van der Waals surface area contributed by atoms with Crippen LogP contribution in [0.25, 0.3) is 0 Å². The van der Waals surface area contributed by atoms with Gasteiger partial charge in [0.15, 0.2) is 0 Å². The first kappa shape index (κ1) is 22.4. The summed E-state index contributed by atoms with van der Waals surface area (Å²) in [6.45, 7) is 9.36. The number of carbonyl (C=O) groups excluding carboxylic acids is 2. The van der Waals surface area contributed by atoms with Crippen LogP contribution in [-0.2, 0) is 26.2 Å². The monoisotopic (exact) mass is 413 g/mol. The second kappa shape index (κ2) is 8.20. The van der Waals surface area contributed by atoms with Crippen molar-refractivity contribution in [2.24, 2.45) is 5.92 Å². The number of nitrogens with zero attached hydrogens (tertiary/aromatic N) is 3. The van der Waals surface area contributed by atoms with Crippen molar-refractivity contribution in [2.75, 3.05) is 20.1 Å². The van der Waals surface area contributed by atoms with Gasteiger partial charge in [-0.3, -0.25) is 14.3 Å². The lowest BCUT2D eigenvalue weighted by Crippen LogP contribution is -2.45. The molecule has 1 atom stereocenters. The van der Waals surface area contributed by atoms with Crippen LogP contribution in [0.2, 0.25) is 0 Å². The van der Waals surface area contributed by atoms with Gasteiger partial charge in [0.2, 0.25) is 21.8 Å². The highest BCUT2D eigenvalue weighted by molar-refractivity contribution is 7.89. The zero-order valence-electron chi connectivity index (χ0n) is 17.5. The van der Waals surface area contributed by atoms with E-state index in [0.717, 1.165) is 0 Å². The third kappa shape index (κ3) is 4.91. The average Bonchev–Trinajstić information content (AvgIpc) is 2.86. The molecule has 0 aromatic carbocycles. The van der Waals surface area contributed by atoms with Crippen molar-refractivity contribution in [3.05, 3.63) is 11.4 Å². The van der Waals surface area contributed by atoms with E-state index in [1.807, 2.05) is 20.8 Å². The van der Waals surface area contributed by atoms with Crippen LogP contribution in [0.1, 0.15) is 45.0 Å². The van der Waals surface area contributed by atoms with E-state index in [0.29, 0.717) is 30.8 Å². The van der Waals surface area contributed by atoms with E-state index >= 15 is 0 Å². The Morgan fingerprint density at radius 1 is 1.25 bits per heavy atom. The number of carbonyl (C=O) groups is 2. The smallest absolute Gasteiger partial charge is 0.246 e. The van der Waals surface area contributed by atoms with Gasteiger partial charge in [-0.2, -0.15) is 9.40 Å². The largest absolute Gasteiger partial charge is 0.359 e. The number of hydrogen-bond donors (Lipinski definition) is 2. The third-order valence-corrected chi connectivity index (χ3v) is 6.84. The highest BCUT2D eigenvalue weighted by Gasteiger charge is 2.36. The molecule has 2 heterocycles. The Labute approximate surface area is 166 Å².